The highest BCUT2D eigenvalue weighted by molar-refractivity contribution is 5.95. The fourth-order valence-electron chi connectivity index (χ4n) is 3.21. The lowest BCUT2D eigenvalue weighted by molar-refractivity contribution is -0.118. The van der Waals surface area contributed by atoms with Crippen LogP contribution in [0.25, 0.3) is 0 Å². The number of nitrogens with one attached hydrogen (secondary N) is 2. The third-order valence-corrected chi connectivity index (χ3v) is 4.49. The molecule has 2 N–H and O–H groups in total. The number of carbonyl (C=O) groups is 1. The van der Waals surface area contributed by atoms with E-state index in [0.717, 1.165) is 29.8 Å². The normalized spacial score (nSPS) is 15.9. The van der Waals surface area contributed by atoms with E-state index in [1.807, 2.05) is 54.6 Å². The molecule has 1 atom stereocenters. The average molecular weight is 324 g/mol. The number of amides is 1. The summed E-state index contributed by atoms with van der Waals surface area (Å²) in [5.74, 6) is 0.689. The van der Waals surface area contributed by atoms with E-state index in [2.05, 4.69) is 10.6 Å². The molecule has 0 saturated heterocycles. The SMILES string of the molecule is COc1cccc(NC(=O)[C@H](NC2CCCC2)c2ccccc2)c1. The number of methoxy groups -OCH3 is 1. The molecule has 0 unspecified atom stereocenters. The van der Waals surface area contributed by atoms with Crippen molar-refractivity contribution in [2.75, 3.05) is 12.4 Å². The lowest BCUT2D eigenvalue weighted by Crippen LogP contribution is -2.38. The molecule has 0 heterocycles. The summed E-state index contributed by atoms with van der Waals surface area (Å²) in [6, 6.07) is 17.4. The van der Waals surface area contributed by atoms with Gasteiger partial charge in [0, 0.05) is 17.8 Å². The number of carbonyl (C=O) groups excluding carboxylic acids is 1. The summed E-state index contributed by atoms with van der Waals surface area (Å²) >= 11 is 0. The van der Waals surface area contributed by atoms with Gasteiger partial charge in [0.25, 0.3) is 0 Å². The highest BCUT2D eigenvalue weighted by Crippen LogP contribution is 2.24. The van der Waals surface area contributed by atoms with E-state index >= 15 is 0 Å². The van der Waals surface area contributed by atoms with Gasteiger partial charge in [0.1, 0.15) is 11.8 Å². The third kappa shape index (κ3) is 4.15. The Bertz CT molecular complexity index is 666. The molecule has 126 valence electrons. The first kappa shape index (κ1) is 16.5. The second-order valence-electron chi connectivity index (χ2n) is 6.21. The van der Waals surface area contributed by atoms with Crippen LogP contribution < -0.4 is 15.4 Å². The fourth-order valence-corrected chi connectivity index (χ4v) is 3.21. The predicted octanol–water partition coefficient (Wildman–Crippen LogP) is 3.91. The Balaban J connectivity index is 1.77. The van der Waals surface area contributed by atoms with E-state index in [-0.39, 0.29) is 11.9 Å². The zero-order chi connectivity index (χ0) is 16.8. The quantitative estimate of drug-likeness (QED) is 0.847. The molecule has 2 aromatic rings. The van der Waals surface area contributed by atoms with E-state index in [0.29, 0.717) is 6.04 Å². The summed E-state index contributed by atoms with van der Waals surface area (Å²) in [6.07, 6.45) is 4.74. The zero-order valence-electron chi connectivity index (χ0n) is 14.0. The van der Waals surface area contributed by atoms with Gasteiger partial charge < -0.3 is 10.1 Å². The molecule has 1 amide bonds. The molecule has 1 saturated carbocycles. The number of rotatable bonds is 6. The Kier molecular flexibility index (Phi) is 5.49. The highest BCUT2D eigenvalue weighted by atomic mass is 16.5. The first-order valence-corrected chi connectivity index (χ1v) is 8.52. The van der Waals surface area contributed by atoms with Crippen LogP contribution in [0.2, 0.25) is 0 Å². The highest BCUT2D eigenvalue weighted by Gasteiger charge is 2.25. The average Bonchev–Trinajstić information content (AvgIpc) is 3.14. The van der Waals surface area contributed by atoms with Crippen molar-refractivity contribution in [3.63, 3.8) is 0 Å². The first-order valence-electron chi connectivity index (χ1n) is 8.52. The maximum absolute atomic E-state index is 12.9. The number of anilines is 1. The molecule has 4 nitrogen and oxygen atoms in total. The fraction of sp³-hybridized carbons (Fsp3) is 0.350. The van der Waals surface area contributed by atoms with E-state index in [1.54, 1.807) is 7.11 Å². The van der Waals surface area contributed by atoms with Crippen LogP contribution in [0.4, 0.5) is 5.69 Å². The summed E-state index contributed by atoms with van der Waals surface area (Å²) < 4.78 is 5.22. The number of hydrogen-bond donors (Lipinski definition) is 2. The van der Waals surface area contributed by atoms with Crippen molar-refractivity contribution < 1.29 is 9.53 Å². The minimum absolute atomic E-state index is 0.0404. The summed E-state index contributed by atoms with van der Waals surface area (Å²) in [5.41, 5.74) is 1.73. The minimum Gasteiger partial charge on any atom is -0.497 e. The van der Waals surface area contributed by atoms with Gasteiger partial charge in [-0.2, -0.15) is 0 Å². The lowest BCUT2D eigenvalue weighted by Gasteiger charge is -2.23. The van der Waals surface area contributed by atoms with Gasteiger partial charge in [-0.3, -0.25) is 10.1 Å². The van der Waals surface area contributed by atoms with Crippen molar-refractivity contribution >= 4 is 11.6 Å². The maximum atomic E-state index is 12.9. The summed E-state index contributed by atoms with van der Waals surface area (Å²) in [5, 5.41) is 6.55. The van der Waals surface area contributed by atoms with Crippen molar-refractivity contribution in [2.45, 2.75) is 37.8 Å². The topological polar surface area (TPSA) is 50.4 Å². The molecule has 0 bridgehead atoms. The molecule has 0 radical (unpaired) electrons. The number of ether oxygens (including phenoxy) is 1. The van der Waals surface area contributed by atoms with Crippen LogP contribution in [0.5, 0.6) is 5.75 Å². The lowest BCUT2D eigenvalue weighted by atomic mass is 10.0. The Labute approximate surface area is 143 Å². The van der Waals surface area contributed by atoms with Crippen molar-refractivity contribution in [1.82, 2.24) is 5.32 Å². The van der Waals surface area contributed by atoms with Gasteiger partial charge in [0.05, 0.1) is 7.11 Å². The molecule has 24 heavy (non-hydrogen) atoms. The number of hydrogen-bond acceptors (Lipinski definition) is 3. The van der Waals surface area contributed by atoms with E-state index in [1.165, 1.54) is 12.8 Å². The first-order chi connectivity index (χ1) is 11.8. The number of benzene rings is 2. The van der Waals surface area contributed by atoms with Crippen LogP contribution in [-0.4, -0.2) is 19.1 Å². The molecule has 3 rings (SSSR count). The predicted molar refractivity (Wildman–Crippen MR) is 96.2 cm³/mol. The summed E-state index contributed by atoms with van der Waals surface area (Å²) in [7, 11) is 1.62. The second-order valence-corrected chi connectivity index (χ2v) is 6.21. The Morgan fingerprint density at radius 3 is 2.54 bits per heavy atom. The van der Waals surface area contributed by atoms with Crippen molar-refractivity contribution in [2.24, 2.45) is 0 Å². The monoisotopic (exact) mass is 324 g/mol. The minimum atomic E-state index is -0.347. The molecule has 4 heteroatoms. The Morgan fingerprint density at radius 1 is 1.08 bits per heavy atom. The largest absolute Gasteiger partial charge is 0.497 e. The van der Waals surface area contributed by atoms with Crippen LogP contribution in [-0.2, 0) is 4.79 Å². The molecule has 2 aromatic carbocycles. The van der Waals surface area contributed by atoms with Crippen LogP contribution >= 0.6 is 0 Å². The molecule has 0 spiro atoms. The van der Waals surface area contributed by atoms with Crippen molar-refractivity contribution in [3.05, 3.63) is 60.2 Å². The summed E-state index contributed by atoms with van der Waals surface area (Å²) in [4.78, 5) is 12.9. The van der Waals surface area contributed by atoms with Gasteiger partial charge in [0.2, 0.25) is 5.91 Å². The third-order valence-electron chi connectivity index (χ3n) is 4.49. The Morgan fingerprint density at radius 2 is 1.83 bits per heavy atom. The zero-order valence-corrected chi connectivity index (χ0v) is 14.0. The van der Waals surface area contributed by atoms with Gasteiger partial charge in [0.15, 0.2) is 0 Å². The van der Waals surface area contributed by atoms with Gasteiger partial charge >= 0.3 is 0 Å². The van der Waals surface area contributed by atoms with Gasteiger partial charge in [-0.25, -0.2) is 0 Å². The molecular weight excluding hydrogens is 300 g/mol. The molecule has 0 aliphatic heterocycles. The summed E-state index contributed by atoms with van der Waals surface area (Å²) in [6.45, 7) is 0. The van der Waals surface area contributed by atoms with E-state index < -0.39 is 0 Å². The van der Waals surface area contributed by atoms with E-state index in [4.69, 9.17) is 4.74 Å². The van der Waals surface area contributed by atoms with Gasteiger partial charge in [-0.1, -0.05) is 49.2 Å². The molecule has 1 aliphatic carbocycles. The molecule has 1 aliphatic rings. The Hall–Kier alpha value is -2.33. The van der Waals surface area contributed by atoms with Crippen LogP contribution in [0, 0.1) is 0 Å². The van der Waals surface area contributed by atoms with Gasteiger partial charge in [-0.05, 0) is 30.5 Å². The van der Waals surface area contributed by atoms with Crippen LogP contribution in [0.1, 0.15) is 37.3 Å². The van der Waals surface area contributed by atoms with Crippen molar-refractivity contribution in [3.8, 4) is 5.75 Å². The second kappa shape index (κ2) is 7.97. The van der Waals surface area contributed by atoms with Crippen LogP contribution in [0.3, 0.4) is 0 Å². The molecule has 0 aromatic heterocycles. The smallest absolute Gasteiger partial charge is 0.246 e. The molecular formula is C20H24N2O2. The maximum Gasteiger partial charge on any atom is 0.246 e. The van der Waals surface area contributed by atoms with Crippen molar-refractivity contribution in [1.29, 1.82) is 0 Å². The standard InChI is InChI=1S/C20H24N2O2/c1-24-18-13-7-12-17(14-18)22-20(23)19(15-8-3-2-4-9-15)21-16-10-5-6-11-16/h2-4,7-9,12-14,16,19,21H,5-6,10-11H2,1H3,(H,22,23)/t19-/m1/s1. The molecule has 1 fully saturated rings. The van der Waals surface area contributed by atoms with Gasteiger partial charge in [-0.15, -0.1) is 0 Å². The van der Waals surface area contributed by atoms with E-state index in [9.17, 15) is 4.79 Å². The van der Waals surface area contributed by atoms with Crippen LogP contribution in [0.15, 0.2) is 54.6 Å².